The van der Waals surface area contributed by atoms with Crippen LogP contribution in [0.2, 0.25) is 0 Å². The molecule has 9 heteroatoms. The molecule has 1 aliphatic carbocycles. The number of hydrogen-bond acceptors (Lipinski definition) is 3. The molecule has 32 heavy (non-hydrogen) atoms. The lowest BCUT2D eigenvalue weighted by atomic mass is 9.81. The van der Waals surface area contributed by atoms with Crippen LogP contribution in [-0.2, 0) is 11.0 Å². The van der Waals surface area contributed by atoms with E-state index in [9.17, 15) is 18.0 Å². The van der Waals surface area contributed by atoms with Crippen LogP contribution in [0.4, 0.5) is 18.9 Å². The lowest BCUT2D eigenvalue weighted by Crippen LogP contribution is -2.51. The molecule has 174 valence electrons. The van der Waals surface area contributed by atoms with E-state index in [0.29, 0.717) is 5.92 Å². The molecular weight excluding hydrogens is 503 g/mol. The molecule has 1 heterocycles. The molecule has 0 radical (unpaired) electrons. The fraction of sp³-hybridized carbons (Fsp3) is 0.609. The molecule has 1 aliphatic heterocycles. The molecule has 2 aliphatic rings. The zero-order valence-electron chi connectivity index (χ0n) is 18.2. The number of alkyl halides is 4. The molecule has 1 saturated heterocycles. The van der Waals surface area contributed by atoms with Gasteiger partial charge in [0.15, 0.2) is 5.11 Å². The van der Waals surface area contributed by atoms with Crippen LogP contribution in [0.25, 0.3) is 0 Å². The predicted octanol–water partition coefficient (Wildman–Crippen LogP) is 6.41. The monoisotopic (exact) mass is 529 g/mol. The van der Waals surface area contributed by atoms with Gasteiger partial charge in [0.05, 0.1) is 22.9 Å². The van der Waals surface area contributed by atoms with Crippen molar-refractivity contribution in [3.8, 4) is 6.07 Å². The number of nitriles is 1. The van der Waals surface area contributed by atoms with E-state index >= 15 is 0 Å². The Kier molecular flexibility index (Phi) is 7.55. The van der Waals surface area contributed by atoms with Crippen LogP contribution in [0.1, 0.15) is 69.9 Å². The van der Waals surface area contributed by atoms with Crippen LogP contribution in [0.15, 0.2) is 18.2 Å². The van der Waals surface area contributed by atoms with Gasteiger partial charge in [0.1, 0.15) is 5.54 Å². The lowest BCUT2D eigenvalue weighted by molar-refractivity contribution is -0.137. The Morgan fingerprint density at radius 2 is 1.88 bits per heavy atom. The second-order valence-corrected chi connectivity index (χ2v) is 10.2. The second kappa shape index (κ2) is 9.68. The first kappa shape index (κ1) is 25.0. The summed E-state index contributed by atoms with van der Waals surface area (Å²) in [5.41, 5.74) is -2.44. The number of thiocarbonyl (C=S) groups is 1. The number of unbranched alkanes of at least 4 members (excludes halogenated alkanes) is 1. The van der Waals surface area contributed by atoms with Crippen molar-refractivity contribution < 1.29 is 18.0 Å². The Morgan fingerprint density at radius 1 is 1.22 bits per heavy atom. The van der Waals surface area contributed by atoms with Gasteiger partial charge < -0.3 is 4.90 Å². The molecule has 2 fully saturated rings. The molecule has 1 aromatic rings. The minimum Gasteiger partial charge on any atom is -0.331 e. The van der Waals surface area contributed by atoms with Crippen molar-refractivity contribution in [1.82, 2.24) is 4.90 Å². The van der Waals surface area contributed by atoms with Gasteiger partial charge in [0.25, 0.3) is 5.91 Å². The standard InChI is InChI=1S/C23H27BrF3N3OS/c1-22(2)20(31)29(18-11-8-16(14-28)19(13-18)23(25,26)27)21(32)30(22)17-9-6-15(7-10-17)5-3-4-12-24/h8,11,13,15,17H,3-7,9-10,12H2,1-2H3. The maximum atomic E-state index is 13.5. The van der Waals surface area contributed by atoms with Crippen molar-refractivity contribution in [2.75, 3.05) is 10.2 Å². The van der Waals surface area contributed by atoms with Crippen molar-refractivity contribution in [1.29, 1.82) is 5.26 Å². The van der Waals surface area contributed by atoms with Gasteiger partial charge in [-0.15, -0.1) is 0 Å². The van der Waals surface area contributed by atoms with E-state index in [2.05, 4.69) is 15.9 Å². The third kappa shape index (κ3) is 4.81. The average Bonchev–Trinajstić information content (AvgIpc) is 2.92. The van der Waals surface area contributed by atoms with Crippen LogP contribution >= 0.6 is 28.1 Å². The Morgan fingerprint density at radius 3 is 2.44 bits per heavy atom. The predicted molar refractivity (Wildman–Crippen MR) is 126 cm³/mol. The fourth-order valence-electron chi connectivity index (χ4n) is 4.87. The number of carbonyl (C=O) groups excluding carboxylic acids is 1. The first-order valence-corrected chi connectivity index (χ1v) is 12.4. The topological polar surface area (TPSA) is 47.3 Å². The number of hydrogen-bond donors (Lipinski definition) is 0. The highest BCUT2D eigenvalue weighted by molar-refractivity contribution is 9.09. The molecule has 1 aromatic carbocycles. The highest BCUT2D eigenvalue weighted by atomic mass is 79.9. The summed E-state index contributed by atoms with van der Waals surface area (Å²) in [5.74, 6) is 0.323. The van der Waals surface area contributed by atoms with Crippen LogP contribution in [0, 0.1) is 17.2 Å². The number of rotatable bonds is 6. The number of amides is 1. The average molecular weight is 530 g/mol. The SMILES string of the molecule is CC1(C)C(=O)N(c2ccc(C#N)c(C(F)(F)F)c2)C(=S)N1C1CCC(CCCCBr)CC1. The fourth-order valence-corrected chi connectivity index (χ4v) is 5.84. The van der Waals surface area contributed by atoms with Gasteiger partial charge in [-0.05, 0) is 82.3 Å². The van der Waals surface area contributed by atoms with Gasteiger partial charge in [-0.25, -0.2) is 0 Å². The van der Waals surface area contributed by atoms with E-state index in [1.54, 1.807) is 19.9 Å². The van der Waals surface area contributed by atoms with Crippen molar-refractivity contribution in [3.05, 3.63) is 29.3 Å². The maximum Gasteiger partial charge on any atom is 0.417 e. The Labute approximate surface area is 200 Å². The summed E-state index contributed by atoms with van der Waals surface area (Å²) >= 11 is 9.11. The molecule has 4 nitrogen and oxygen atoms in total. The minimum absolute atomic E-state index is 0.0466. The normalized spacial score (nSPS) is 23.5. The lowest BCUT2D eigenvalue weighted by Gasteiger charge is -2.41. The van der Waals surface area contributed by atoms with Gasteiger partial charge in [-0.1, -0.05) is 28.8 Å². The summed E-state index contributed by atoms with van der Waals surface area (Å²) in [4.78, 5) is 16.4. The summed E-state index contributed by atoms with van der Waals surface area (Å²) in [6.07, 6.45) is 2.79. The number of nitrogens with zero attached hydrogens (tertiary/aromatic N) is 3. The summed E-state index contributed by atoms with van der Waals surface area (Å²) < 4.78 is 40.4. The molecular formula is C23H27BrF3N3OS. The molecule has 3 rings (SSSR count). The van der Waals surface area contributed by atoms with E-state index in [0.717, 1.165) is 49.6 Å². The maximum absolute atomic E-state index is 13.5. The van der Waals surface area contributed by atoms with Crippen molar-refractivity contribution in [2.45, 2.75) is 76.6 Å². The van der Waals surface area contributed by atoms with Crippen LogP contribution in [-0.4, -0.2) is 32.8 Å². The van der Waals surface area contributed by atoms with Crippen LogP contribution < -0.4 is 4.90 Å². The van der Waals surface area contributed by atoms with Crippen molar-refractivity contribution in [2.24, 2.45) is 5.92 Å². The Hall–Kier alpha value is -1.66. The zero-order chi connectivity index (χ0) is 23.7. The van der Waals surface area contributed by atoms with Gasteiger partial charge >= 0.3 is 6.18 Å². The van der Waals surface area contributed by atoms with E-state index in [4.69, 9.17) is 17.5 Å². The largest absolute Gasteiger partial charge is 0.417 e. The zero-order valence-corrected chi connectivity index (χ0v) is 20.6. The van der Waals surface area contributed by atoms with Gasteiger partial charge in [0.2, 0.25) is 0 Å². The minimum atomic E-state index is -4.70. The quantitative estimate of drug-likeness (QED) is 0.242. The smallest absolute Gasteiger partial charge is 0.331 e. The molecule has 1 saturated carbocycles. The molecule has 0 unspecified atom stereocenters. The van der Waals surface area contributed by atoms with Gasteiger partial charge in [-0.2, -0.15) is 18.4 Å². The number of carbonyl (C=O) groups is 1. The van der Waals surface area contributed by atoms with Crippen molar-refractivity contribution >= 4 is 44.9 Å². The molecule has 0 atom stereocenters. The van der Waals surface area contributed by atoms with E-state index in [1.165, 1.54) is 23.8 Å². The van der Waals surface area contributed by atoms with E-state index in [1.807, 2.05) is 4.90 Å². The highest BCUT2D eigenvalue weighted by Gasteiger charge is 2.52. The van der Waals surface area contributed by atoms with Crippen molar-refractivity contribution in [3.63, 3.8) is 0 Å². The summed E-state index contributed by atoms with van der Waals surface area (Å²) in [6.45, 7) is 3.55. The summed E-state index contributed by atoms with van der Waals surface area (Å²) in [6, 6.07) is 4.96. The first-order valence-electron chi connectivity index (χ1n) is 10.9. The summed E-state index contributed by atoms with van der Waals surface area (Å²) in [7, 11) is 0. The Bertz CT molecular complexity index is 920. The third-order valence-corrected chi connectivity index (χ3v) is 7.53. The molecule has 0 N–H and O–H groups in total. The molecule has 0 aromatic heterocycles. The van der Waals surface area contributed by atoms with Crippen LogP contribution in [0.5, 0.6) is 0 Å². The van der Waals surface area contributed by atoms with Gasteiger partial charge in [0, 0.05) is 11.4 Å². The highest BCUT2D eigenvalue weighted by Crippen LogP contribution is 2.41. The molecule has 1 amide bonds. The summed E-state index contributed by atoms with van der Waals surface area (Å²) in [5, 5.41) is 10.3. The van der Waals surface area contributed by atoms with E-state index < -0.39 is 22.8 Å². The molecule has 0 bridgehead atoms. The van der Waals surface area contributed by atoms with E-state index in [-0.39, 0.29) is 22.7 Å². The number of benzene rings is 1. The third-order valence-electron chi connectivity index (χ3n) is 6.59. The van der Waals surface area contributed by atoms with Crippen LogP contribution in [0.3, 0.4) is 0 Å². The second-order valence-electron chi connectivity index (χ2n) is 9.05. The number of halogens is 4. The van der Waals surface area contributed by atoms with Gasteiger partial charge in [-0.3, -0.25) is 9.69 Å². The molecule has 0 spiro atoms. The first-order chi connectivity index (χ1) is 15.0. The number of anilines is 1. The Balaban J connectivity index is 1.83.